The Bertz CT molecular complexity index is 846. The molecule has 0 bridgehead atoms. The minimum atomic E-state index is -0.678. The van der Waals surface area contributed by atoms with Crippen molar-refractivity contribution in [2.45, 2.75) is 6.54 Å². The molecule has 2 amide bonds. The van der Waals surface area contributed by atoms with Gasteiger partial charge in [0.05, 0.1) is 22.7 Å². The molecular formula is C17H13FN2O2S2. The predicted octanol–water partition coefficient (Wildman–Crippen LogP) is 4.13. The maximum atomic E-state index is 14.2. The van der Waals surface area contributed by atoms with Crippen LogP contribution in [0.15, 0.2) is 53.2 Å². The Labute approximate surface area is 146 Å². The van der Waals surface area contributed by atoms with Crippen LogP contribution in [0.25, 0.3) is 0 Å². The highest BCUT2D eigenvalue weighted by molar-refractivity contribution is 7.12. The average molecular weight is 360 g/mol. The summed E-state index contributed by atoms with van der Waals surface area (Å²) in [5.41, 5.74) is -0.0176. The van der Waals surface area contributed by atoms with Gasteiger partial charge >= 0.3 is 0 Å². The number of carbonyl (C=O) groups excluding carboxylic acids is 2. The number of hydrogen-bond acceptors (Lipinski definition) is 4. The van der Waals surface area contributed by atoms with Crippen molar-refractivity contribution in [3.8, 4) is 0 Å². The number of carbonyl (C=O) groups is 2. The van der Waals surface area contributed by atoms with E-state index in [0.717, 1.165) is 4.88 Å². The highest BCUT2D eigenvalue weighted by Gasteiger charge is 2.19. The Morgan fingerprint density at radius 2 is 1.75 bits per heavy atom. The molecule has 1 aromatic carbocycles. The first kappa shape index (κ1) is 16.4. The third-order valence-electron chi connectivity index (χ3n) is 3.24. The van der Waals surface area contributed by atoms with Crippen LogP contribution in [0.5, 0.6) is 0 Å². The first-order valence-corrected chi connectivity index (χ1v) is 8.85. The highest BCUT2D eigenvalue weighted by Crippen LogP contribution is 2.21. The van der Waals surface area contributed by atoms with Crippen LogP contribution in [0.1, 0.15) is 24.9 Å². The minimum Gasteiger partial charge on any atom is -0.347 e. The molecule has 3 aromatic rings. The number of nitrogens with one attached hydrogen (secondary N) is 2. The molecule has 3 rings (SSSR count). The van der Waals surface area contributed by atoms with Crippen molar-refractivity contribution < 1.29 is 14.0 Å². The monoisotopic (exact) mass is 360 g/mol. The fraction of sp³-hybridized carbons (Fsp3) is 0.0588. The molecule has 2 heterocycles. The minimum absolute atomic E-state index is 0.150. The molecule has 0 spiro atoms. The van der Waals surface area contributed by atoms with Crippen LogP contribution in [0, 0.1) is 5.82 Å². The van der Waals surface area contributed by atoms with Gasteiger partial charge in [-0.1, -0.05) is 18.2 Å². The third kappa shape index (κ3) is 3.69. The van der Waals surface area contributed by atoms with Crippen LogP contribution < -0.4 is 10.6 Å². The summed E-state index contributed by atoms with van der Waals surface area (Å²) in [6.07, 6.45) is 0. The van der Waals surface area contributed by atoms with Crippen molar-refractivity contribution >= 4 is 40.2 Å². The number of rotatable bonds is 5. The summed E-state index contributed by atoms with van der Waals surface area (Å²) in [5.74, 6) is -1.62. The molecular weight excluding hydrogens is 347 g/mol. The van der Waals surface area contributed by atoms with Crippen molar-refractivity contribution in [3.05, 3.63) is 74.4 Å². The molecule has 2 aromatic heterocycles. The van der Waals surface area contributed by atoms with E-state index in [1.807, 2.05) is 17.5 Å². The Hall–Kier alpha value is -2.51. The normalized spacial score (nSPS) is 10.4. The van der Waals surface area contributed by atoms with E-state index in [-0.39, 0.29) is 17.2 Å². The summed E-state index contributed by atoms with van der Waals surface area (Å²) in [4.78, 5) is 26.0. The number of hydrogen-bond donors (Lipinski definition) is 2. The fourth-order valence-corrected chi connectivity index (χ4v) is 3.38. The van der Waals surface area contributed by atoms with Gasteiger partial charge in [-0.25, -0.2) is 4.39 Å². The lowest BCUT2D eigenvalue weighted by Crippen LogP contribution is -2.25. The number of benzene rings is 1. The van der Waals surface area contributed by atoms with Gasteiger partial charge in [0.2, 0.25) is 0 Å². The van der Waals surface area contributed by atoms with Crippen molar-refractivity contribution in [2.24, 2.45) is 0 Å². The molecule has 122 valence electrons. The molecule has 4 nitrogen and oxygen atoms in total. The van der Waals surface area contributed by atoms with E-state index in [9.17, 15) is 14.0 Å². The van der Waals surface area contributed by atoms with E-state index in [1.54, 1.807) is 17.5 Å². The van der Waals surface area contributed by atoms with E-state index >= 15 is 0 Å². The van der Waals surface area contributed by atoms with Crippen LogP contribution in [0.2, 0.25) is 0 Å². The molecule has 2 N–H and O–H groups in total. The molecule has 0 aliphatic heterocycles. The summed E-state index contributed by atoms with van der Waals surface area (Å²) < 4.78 is 14.2. The lowest BCUT2D eigenvalue weighted by atomic mass is 10.1. The van der Waals surface area contributed by atoms with E-state index in [1.165, 1.54) is 40.9 Å². The van der Waals surface area contributed by atoms with Gasteiger partial charge < -0.3 is 10.6 Å². The maximum absolute atomic E-state index is 14.2. The lowest BCUT2D eigenvalue weighted by Gasteiger charge is -2.11. The SMILES string of the molecule is O=C(Nc1cccc(F)c1C(=O)NCc1cccs1)c1cccs1. The maximum Gasteiger partial charge on any atom is 0.265 e. The lowest BCUT2D eigenvalue weighted by molar-refractivity contribution is 0.0948. The highest BCUT2D eigenvalue weighted by atomic mass is 32.1. The molecule has 0 saturated carbocycles. The molecule has 0 saturated heterocycles. The molecule has 0 atom stereocenters. The van der Waals surface area contributed by atoms with Gasteiger partial charge in [0.1, 0.15) is 5.82 Å². The van der Waals surface area contributed by atoms with Gasteiger partial charge in [0.15, 0.2) is 0 Å². The summed E-state index contributed by atoms with van der Waals surface area (Å²) in [5, 5.41) is 8.95. The quantitative estimate of drug-likeness (QED) is 0.719. The molecule has 24 heavy (non-hydrogen) atoms. The van der Waals surface area contributed by atoms with Crippen molar-refractivity contribution in [1.29, 1.82) is 0 Å². The van der Waals surface area contributed by atoms with E-state index in [2.05, 4.69) is 10.6 Å². The van der Waals surface area contributed by atoms with E-state index in [0.29, 0.717) is 11.4 Å². The van der Waals surface area contributed by atoms with Gasteiger partial charge in [0.25, 0.3) is 11.8 Å². The summed E-state index contributed by atoms with van der Waals surface area (Å²) in [7, 11) is 0. The Balaban J connectivity index is 1.79. The molecule has 0 aliphatic carbocycles. The van der Waals surface area contributed by atoms with Crippen molar-refractivity contribution in [2.75, 3.05) is 5.32 Å². The van der Waals surface area contributed by atoms with Gasteiger partial charge in [-0.05, 0) is 35.0 Å². The van der Waals surface area contributed by atoms with Gasteiger partial charge in [0, 0.05) is 4.88 Å². The molecule has 0 unspecified atom stereocenters. The number of amides is 2. The number of halogens is 1. The van der Waals surface area contributed by atoms with Crippen LogP contribution in [-0.2, 0) is 6.54 Å². The zero-order valence-electron chi connectivity index (χ0n) is 12.4. The average Bonchev–Trinajstić information content (AvgIpc) is 3.26. The zero-order chi connectivity index (χ0) is 16.9. The first-order valence-electron chi connectivity index (χ1n) is 7.09. The van der Waals surface area contributed by atoms with Crippen molar-refractivity contribution in [3.63, 3.8) is 0 Å². The molecule has 0 aliphatic rings. The molecule has 0 fully saturated rings. The van der Waals surface area contributed by atoms with Gasteiger partial charge in [-0.15, -0.1) is 22.7 Å². The predicted molar refractivity (Wildman–Crippen MR) is 94.2 cm³/mol. The Morgan fingerprint density at radius 1 is 0.958 bits per heavy atom. The van der Waals surface area contributed by atoms with E-state index in [4.69, 9.17) is 0 Å². The second kappa shape index (κ2) is 7.37. The third-order valence-corrected chi connectivity index (χ3v) is 4.98. The van der Waals surface area contributed by atoms with Crippen LogP contribution in [-0.4, -0.2) is 11.8 Å². The van der Waals surface area contributed by atoms with Gasteiger partial charge in [-0.3, -0.25) is 9.59 Å². The van der Waals surface area contributed by atoms with Gasteiger partial charge in [-0.2, -0.15) is 0 Å². The Kier molecular flexibility index (Phi) is 5.02. The zero-order valence-corrected chi connectivity index (χ0v) is 14.0. The second-order valence-corrected chi connectivity index (χ2v) is 6.84. The second-order valence-electron chi connectivity index (χ2n) is 4.86. The van der Waals surface area contributed by atoms with Crippen LogP contribution in [0.4, 0.5) is 10.1 Å². The standard InChI is InChI=1S/C17H13FN2O2S2/c18-12-5-1-6-13(20-16(21)14-7-3-9-24-14)15(12)17(22)19-10-11-4-2-8-23-11/h1-9H,10H2,(H,19,22)(H,20,21). The van der Waals surface area contributed by atoms with Crippen LogP contribution >= 0.6 is 22.7 Å². The largest absolute Gasteiger partial charge is 0.347 e. The summed E-state index contributed by atoms with van der Waals surface area (Å²) in [6.45, 7) is 0.309. The molecule has 7 heteroatoms. The number of anilines is 1. The van der Waals surface area contributed by atoms with E-state index < -0.39 is 11.7 Å². The smallest absolute Gasteiger partial charge is 0.265 e. The fourth-order valence-electron chi connectivity index (χ4n) is 2.12. The topological polar surface area (TPSA) is 58.2 Å². The number of thiophene rings is 2. The summed E-state index contributed by atoms with van der Waals surface area (Å²) >= 11 is 2.77. The Morgan fingerprint density at radius 3 is 2.46 bits per heavy atom. The molecule has 0 radical (unpaired) electrons. The van der Waals surface area contributed by atoms with Crippen molar-refractivity contribution in [1.82, 2.24) is 5.32 Å². The first-order chi connectivity index (χ1) is 11.6. The summed E-state index contributed by atoms with van der Waals surface area (Å²) in [6, 6.07) is 11.3. The van der Waals surface area contributed by atoms with Crippen LogP contribution in [0.3, 0.4) is 0 Å².